The molecule has 0 radical (unpaired) electrons. The summed E-state index contributed by atoms with van der Waals surface area (Å²) in [6, 6.07) is 6.48. The number of alkyl halides is 3. The molecule has 19 heavy (non-hydrogen) atoms. The van der Waals surface area contributed by atoms with Gasteiger partial charge in [-0.1, -0.05) is 18.2 Å². The number of hydrogen-bond donors (Lipinski definition) is 0. The summed E-state index contributed by atoms with van der Waals surface area (Å²) >= 11 is 0. The maximum Gasteiger partial charge on any atom is 0.416 e. The van der Waals surface area contributed by atoms with Crippen LogP contribution in [0, 0.1) is 0 Å². The Labute approximate surface area is 107 Å². The van der Waals surface area contributed by atoms with Crippen LogP contribution < -0.4 is 0 Å². The van der Waals surface area contributed by atoms with Crippen molar-refractivity contribution >= 4 is 6.29 Å². The normalized spacial score (nSPS) is 13.0. The molecule has 0 aliphatic rings. The highest BCUT2D eigenvalue weighted by molar-refractivity contribution is 5.69. The molecule has 98 valence electrons. The molecule has 2 rings (SSSR count). The van der Waals surface area contributed by atoms with Crippen LogP contribution in [-0.4, -0.2) is 16.5 Å². The van der Waals surface area contributed by atoms with E-state index in [2.05, 4.69) is 10.2 Å². The average molecular weight is 266 g/mol. The Balaban J connectivity index is 2.54. The monoisotopic (exact) mass is 266 g/mol. The molecule has 1 atom stereocenters. The molecule has 0 saturated heterocycles. The van der Waals surface area contributed by atoms with E-state index in [1.807, 2.05) is 0 Å². The van der Waals surface area contributed by atoms with Gasteiger partial charge in [-0.05, 0) is 23.3 Å². The van der Waals surface area contributed by atoms with Gasteiger partial charge in [0.15, 0.2) is 0 Å². The number of carbonyl (C=O) groups is 1. The van der Waals surface area contributed by atoms with E-state index in [1.165, 1.54) is 36.7 Å². The summed E-state index contributed by atoms with van der Waals surface area (Å²) in [6.07, 6.45) is -1.41. The lowest BCUT2D eigenvalue weighted by molar-refractivity contribution is -0.138. The summed E-state index contributed by atoms with van der Waals surface area (Å²) in [5, 5.41) is 7.12. The van der Waals surface area contributed by atoms with Gasteiger partial charge in [-0.3, -0.25) is 0 Å². The second-order valence-corrected chi connectivity index (χ2v) is 3.87. The summed E-state index contributed by atoms with van der Waals surface area (Å²) in [6.45, 7) is 0. The van der Waals surface area contributed by atoms with E-state index in [9.17, 15) is 18.0 Å². The number of benzene rings is 1. The molecule has 6 heteroatoms. The van der Waals surface area contributed by atoms with Crippen LogP contribution in [0.1, 0.15) is 22.6 Å². The summed E-state index contributed by atoms with van der Waals surface area (Å²) in [4.78, 5) is 11.2. The van der Waals surface area contributed by atoms with Crippen molar-refractivity contribution in [2.75, 3.05) is 0 Å². The Morgan fingerprint density at radius 2 is 1.84 bits per heavy atom. The van der Waals surface area contributed by atoms with Crippen LogP contribution in [0.2, 0.25) is 0 Å². The molecule has 3 nitrogen and oxygen atoms in total. The highest BCUT2D eigenvalue weighted by atomic mass is 19.4. The summed E-state index contributed by atoms with van der Waals surface area (Å²) in [7, 11) is 0. The Hall–Kier alpha value is -2.24. The third-order valence-electron chi connectivity index (χ3n) is 2.70. The van der Waals surface area contributed by atoms with Gasteiger partial charge in [0.1, 0.15) is 6.29 Å². The first-order valence-electron chi connectivity index (χ1n) is 5.42. The number of aldehydes is 1. The van der Waals surface area contributed by atoms with Crippen LogP contribution in [0.25, 0.3) is 0 Å². The van der Waals surface area contributed by atoms with Crippen molar-refractivity contribution in [3.05, 3.63) is 59.4 Å². The topological polar surface area (TPSA) is 42.9 Å². The predicted molar refractivity (Wildman–Crippen MR) is 61.4 cm³/mol. The fourth-order valence-corrected chi connectivity index (χ4v) is 1.84. The number of rotatable bonds is 3. The van der Waals surface area contributed by atoms with Crippen molar-refractivity contribution in [3.63, 3.8) is 0 Å². The summed E-state index contributed by atoms with van der Waals surface area (Å²) in [5.41, 5.74) is -0.524. The zero-order chi connectivity index (χ0) is 13.9. The van der Waals surface area contributed by atoms with Gasteiger partial charge in [0.05, 0.1) is 17.7 Å². The van der Waals surface area contributed by atoms with E-state index in [0.29, 0.717) is 11.8 Å². The molecule has 0 N–H and O–H groups in total. The zero-order valence-corrected chi connectivity index (χ0v) is 9.63. The van der Waals surface area contributed by atoms with Crippen LogP contribution in [0.5, 0.6) is 0 Å². The maximum atomic E-state index is 12.9. The number of halogens is 3. The number of carbonyl (C=O) groups excluding carboxylic acids is 1. The van der Waals surface area contributed by atoms with E-state index in [0.717, 1.165) is 6.07 Å². The van der Waals surface area contributed by atoms with Gasteiger partial charge in [0.2, 0.25) is 0 Å². The Kier molecular flexibility index (Phi) is 3.59. The Bertz CT molecular complexity index is 570. The van der Waals surface area contributed by atoms with Crippen molar-refractivity contribution in [2.45, 2.75) is 12.1 Å². The number of hydrogen-bond acceptors (Lipinski definition) is 3. The summed E-state index contributed by atoms with van der Waals surface area (Å²) in [5.74, 6) is -1.01. The third kappa shape index (κ3) is 2.78. The van der Waals surface area contributed by atoms with Gasteiger partial charge >= 0.3 is 6.18 Å². The second kappa shape index (κ2) is 5.17. The lowest BCUT2D eigenvalue weighted by Gasteiger charge is -2.17. The SMILES string of the molecule is O=C[C@@H](c1ccnnc1)c1ccccc1C(F)(F)F. The molecule has 1 aromatic carbocycles. The van der Waals surface area contributed by atoms with Crippen LogP contribution in [-0.2, 0) is 11.0 Å². The van der Waals surface area contributed by atoms with Crippen molar-refractivity contribution in [2.24, 2.45) is 0 Å². The maximum absolute atomic E-state index is 12.9. The van der Waals surface area contributed by atoms with E-state index >= 15 is 0 Å². The Morgan fingerprint density at radius 1 is 1.11 bits per heavy atom. The van der Waals surface area contributed by atoms with E-state index < -0.39 is 17.7 Å². The minimum absolute atomic E-state index is 0.0852. The molecule has 2 aromatic rings. The lowest BCUT2D eigenvalue weighted by atomic mass is 9.90. The first kappa shape index (κ1) is 13.2. The molecular formula is C13H9F3N2O. The molecule has 0 amide bonds. The Morgan fingerprint density at radius 3 is 2.42 bits per heavy atom. The van der Waals surface area contributed by atoms with Crippen molar-refractivity contribution in [1.82, 2.24) is 10.2 Å². The van der Waals surface area contributed by atoms with Crippen LogP contribution in [0.15, 0.2) is 42.7 Å². The van der Waals surface area contributed by atoms with Crippen LogP contribution >= 0.6 is 0 Å². The molecule has 0 unspecified atom stereocenters. The van der Waals surface area contributed by atoms with Crippen LogP contribution in [0.4, 0.5) is 13.2 Å². The van der Waals surface area contributed by atoms with Crippen LogP contribution in [0.3, 0.4) is 0 Å². The standard InChI is InChI=1S/C13H9F3N2O/c14-13(15,16)12-4-2-1-3-10(12)11(8-19)9-5-6-17-18-7-9/h1-8,11H/t11-/m0/s1. The average Bonchev–Trinajstić information content (AvgIpc) is 2.40. The van der Waals surface area contributed by atoms with Crippen molar-refractivity contribution < 1.29 is 18.0 Å². The molecule has 0 fully saturated rings. The minimum atomic E-state index is -4.50. The first-order valence-corrected chi connectivity index (χ1v) is 5.42. The first-order chi connectivity index (χ1) is 9.04. The summed E-state index contributed by atoms with van der Waals surface area (Å²) < 4.78 is 38.8. The lowest BCUT2D eigenvalue weighted by Crippen LogP contribution is -2.13. The smallest absolute Gasteiger partial charge is 0.302 e. The number of aromatic nitrogens is 2. The van der Waals surface area contributed by atoms with Gasteiger partial charge in [-0.2, -0.15) is 23.4 Å². The predicted octanol–water partition coefficient (Wildman–Crippen LogP) is 2.83. The van der Waals surface area contributed by atoms with E-state index in [-0.39, 0.29) is 5.56 Å². The second-order valence-electron chi connectivity index (χ2n) is 3.87. The molecule has 0 bridgehead atoms. The number of nitrogens with zero attached hydrogens (tertiary/aromatic N) is 2. The molecule has 1 aromatic heterocycles. The largest absolute Gasteiger partial charge is 0.416 e. The van der Waals surface area contributed by atoms with Gasteiger partial charge in [0.25, 0.3) is 0 Å². The molecule has 0 saturated carbocycles. The molecular weight excluding hydrogens is 257 g/mol. The van der Waals surface area contributed by atoms with Gasteiger partial charge in [-0.25, -0.2) is 0 Å². The van der Waals surface area contributed by atoms with E-state index in [4.69, 9.17) is 0 Å². The molecule has 1 heterocycles. The quantitative estimate of drug-likeness (QED) is 0.802. The molecule has 0 aliphatic carbocycles. The van der Waals surface area contributed by atoms with Crippen molar-refractivity contribution in [3.8, 4) is 0 Å². The minimum Gasteiger partial charge on any atom is -0.302 e. The van der Waals surface area contributed by atoms with Crippen molar-refractivity contribution in [1.29, 1.82) is 0 Å². The highest BCUT2D eigenvalue weighted by Gasteiger charge is 2.35. The van der Waals surface area contributed by atoms with Gasteiger partial charge in [0, 0.05) is 6.20 Å². The highest BCUT2D eigenvalue weighted by Crippen LogP contribution is 2.36. The fraction of sp³-hybridized carbons (Fsp3) is 0.154. The molecule has 0 aliphatic heterocycles. The fourth-order valence-electron chi connectivity index (χ4n) is 1.84. The third-order valence-corrected chi connectivity index (χ3v) is 2.70. The zero-order valence-electron chi connectivity index (χ0n) is 9.63. The molecule has 0 spiro atoms. The van der Waals surface area contributed by atoms with Gasteiger partial charge < -0.3 is 4.79 Å². The van der Waals surface area contributed by atoms with E-state index in [1.54, 1.807) is 0 Å². The van der Waals surface area contributed by atoms with Gasteiger partial charge in [-0.15, -0.1) is 0 Å².